The first-order chi connectivity index (χ1) is 3.55. The van der Waals surface area contributed by atoms with Crippen molar-refractivity contribution in [1.82, 2.24) is 4.90 Å². The lowest BCUT2D eigenvalue weighted by molar-refractivity contribution is 0.175. The Hall–Kier alpha value is -0.370. The normalized spacial score (nSPS) is 14.1. The quantitative estimate of drug-likeness (QED) is 0.390. The monoisotopic (exact) mass is 117 g/mol. The van der Waals surface area contributed by atoms with E-state index < -0.39 is 6.30 Å². The number of alkyl halides is 1. The molecule has 0 aromatic carbocycles. The lowest BCUT2D eigenvalue weighted by atomic mass is 10.3. The summed E-state index contributed by atoms with van der Waals surface area (Å²) in [6, 6.07) is 0. The van der Waals surface area contributed by atoms with E-state index >= 15 is 0 Å². The molecule has 1 nitrogen and oxygen atoms in total. The Labute approximate surface area is 49.8 Å². The third-order valence-corrected chi connectivity index (χ3v) is 0.860. The first-order valence-electron chi connectivity index (χ1n) is 2.51. The van der Waals surface area contributed by atoms with Gasteiger partial charge in [0.2, 0.25) is 0 Å². The summed E-state index contributed by atoms with van der Waals surface area (Å²) in [6.45, 7) is 5.13. The largest absolute Gasteiger partial charge is 0.277 e. The van der Waals surface area contributed by atoms with Crippen LogP contribution in [0.15, 0.2) is 12.2 Å². The summed E-state index contributed by atoms with van der Waals surface area (Å²) in [7, 11) is 3.36. The van der Waals surface area contributed by atoms with Crippen molar-refractivity contribution in [2.24, 2.45) is 0 Å². The van der Waals surface area contributed by atoms with Crippen LogP contribution in [0.2, 0.25) is 0 Å². The number of nitrogens with zero attached hydrogens (tertiary/aromatic N) is 1. The van der Waals surface area contributed by atoms with Crippen LogP contribution < -0.4 is 0 Å². The Morgan fingerprint density at radius 2 is 2.00 bits per heavy atom. The van der Waals surface area contributed by atoms with E-state index in [2.05, 4.69) is 6.58 Å². The molecule has 0 fully saturated rings. The van der Waals surface area contributed by atoms with Gasteiger partial charge in [0.05, 0.1) is 0 Å². The topological polar surface area (TPSA) is 3.24 Å². The molecule has 0 saturated carbocycles. The molecule has 0 rings (SSSR count). The van der Waals surface area contributed by atoms with E-state index in [1.807, 2.05) is 0 Å². The van der Waals surface area contributed by atoms with Crippen LogP contribution in [0.5, 0.6) is 0 Å². The molecule has 8 heavy (non-hydrogen) atoms. The highest BCUT2D eigenvalue weighted by atomic mass is 19.1. The van der Waals surface area contributed by atoms with Crippen LogP contribution >= 0.6 is 0 Å². The lowest BCUT2D eigenvalue weighted by Gasteiger charge is -2.14. The van der Waals surface area contributed by atoms with Crippen molar-refractivity contribution >= 4 is 0 Å². The van der Waals surface area contributed by atoms with Crippen molar-refractivity contribution in [2.45, 2.75) is 13.2 Å². The molecule has 0 aliphatic heterocycles. The molecule has 2 heteroatoms. The third-order valence-electron chi connectivity index (χ3n) is 0.860. The van der Waals surface area contributed by atoms with Crippen molar-refractivity contribution in [3.05, 3.63) is 12.2 Å². The molecule has 0 aliphatic rings. The number of hydrogen-bond acceptors (Lipinski definition) is 1. The minimum absolute atomic E-state index is 0.551. The van der Waals surface area contributed by atoms with Gasteiger partial charge in [-0.2, -0.15) is 0 Å². The number of likely N-dealkylation sites (N-methyl/N-ethyl adjacent to an activating group) is 1. The van der Waals surface area contributed by atoms with Gasteiger partial charge in [-0.05, 0) is 26.6 Å². The highest BCUT2D eigenvalue weighted by Crippen LogP contribution is 2.03. The minimum atomic E-state index is -0.991. The minimum Gasteiger partial charge on any atom is -0.277 e. The van der Waals surface area contributed by atoms with E-state index in [4.69, 9.17) is 0 Å². The number of hydrogen-bond donors (Lipinski definition) is 0. The zero-order valence-electron chi connectivity index (χ0n) is 5.61. The predicted molar refractivity (Wildman–Crippen MR) is 33.4 cm³/mol. The first kappa shape index (κ1) is 7.63. The van der Waals surface area contributed by atoms with Gasteiger partial charge in [0, 0.05) is 0 Å². The summed E-state index contributed by atoms with van der Waals surface area (Å²) in [5, 5.41) is 0. The summed E-state index contributed by atoms with van der Waals surface area (Å²) in [5.41, 5.74) is 0.551. The molecular formula is C6H12FN. The van der Waals surface area contributed by atoms with Crippen molar-refractivity contribution in [3.63, 3.8) is 0 Å². The second-order valence-electron chi connectivity index (χ2n) is 2.15. The van der Waals surface area contributed by atoms with Gasteiger partial charge >= 0.3 is 0 Å². The molecule has 0 aliphatic carbocycles. The molecule has 0 aromatic heterocycles. The van der Waals surface area contributed by atoms with E-state index in [0.29, 0.717) is 5.57 Å². The summed E-state index contributed by atoms with van der Waals surface area (Å²) in [6.07, 6.45) is -0.991. The van der Waals surface area contributed by atoms with Gasteiger partial charge in [-0.3, -0.25) is 4.90 Å². The Balaban J connectivity index is 3.64. The first-order valence-corrected chi connectivity index (χ1v) is 2.51. The maximum Gasteiger partial charge on any atom is 0.174 e. The summed E-state index contributed by atoms with van der Waals surface area (Å²) in [5.74, 6) is 0. The Kier molecular flexibility index (Phi) is 2.69. The molecule has 0 bridgehead atoms. The molecule has 0 N–H and O–H groups in total. The molecule has 48 valence electrons. The lowest BCUT2D eigenvalue weighted by Crippen LogP contribution is -2.23. The Bertz CT molecular complexity index is 88.5. The second-order valence-corrected chi connectivity index (χ2v) is 2.15. The van der Waals surface area contributed by atoms with Crippen LogP contribution in [-0.4, -0.2) is 25.3 Å². The maximum absolute atomic E-state index is 12.5. The fraction of sp³-hybridized carbons (Fsp3) is 0.667. The van der Waals surface area contributed by atoms with Crippen LogP contribution in [0.4, 0.5) is 4.39 Å². The standard InChI is InChI=1S/C6H12FN/c1-5(2)6(7)8(3)4/h6H,1H2,2-4H3. The highest BCUT2D eigenvalue weighted by Gasteiger charge is 2.06. The van der Waals surface area contributed by atoms with Crippen molar-refractivity contribution in [1.29, 1.82) is 0 Å². The van der Waals surface area contributed by atoms with Crippen molar-refractivity contribution in [3.8, 4) is 0 Å². The number of halogens is 1. The molecule has 1 atom stereocenters. The van der Waals surface area contributed by atoms with E-state index in [1.54, 1.807) is 21.0 Å². The van der Waals surface area contributed by atoms with E-state index in [0.717, 1.165) is 0 Å². The van der Waals surface area contributed by atoms with E-state index in [-0.39, 0.29) is 0 Å². The highest BCUT2D eigenvalue weighted by molar-refractivity contribution is 4.94. The number of rotatable bonds is 2. The smallest absolute Gasteiger partial charge is 0.174 e. The van der Waals surface area contributed by atoms with Gasteiger partial charge in [-0.25, -0.2) is 4.39 Å². The fourth-order valence-electron chi connectivity index (χ4n) is 0.441. The van der Waals surface area contributed by atoms with Gasteiger partial charge in [0.25, 0.3) is 0 Å². The molecule has 1 unspecified atom stereocenters. The van der Waals surface area contributed by atoms with E-state index in [9.17, 15) is 4.39 Å². The van der Waals surface area contributed by atoms with E-state index in [1.165, 1.54) is 4.90 Å². The summed E-state index contributed by atoms with van der Waals surface area (Å²) < 4.78 is 12.5. The predicted octanol–water partition coefficient (Wildman–Crippen LogP) is 1.42. The van der Waals surface area contributed by atoms with Gasteiger partial charge in [-0.1, -0.05) is 6.58 Å². The SMILES string of the molecule is C=C(C)C(F)N(C)C. The van der Waals surface area contributed by atoms with Crippen LogP contribution in [0, 0.1) is 0 Å². The molecule has 0 spiro atoms. The molecule has 0 aromatic rings. The molecular weight excluding hydrogens is 105 g/mol. The summed E-state index contributed by atoms with van der Waals surface area (Å²) in [4.78, 5) is 1.47. The third kappa shape index (κ3) is 2.07. The average molecular weight is 117 g/mol. The van der Waals surface area contributed by atoms with Gasteiger partial charge < -0.3 is 0 Å². The van der Waals surface area contributed by atoms with Crippen LogP contribution in [-0.2, 0) is 0 Å². The van der Waals surface area contributed by atoms with Gasteiger partial charge in [0.1, 0.15) is 0 Å². The van der Waals surface area contributed by atoms with Crippen LogP contribution in [0.25, 0.3) is 0 Å². The molecule has 0 amide bonds. The van der Waals surface area contributed by atoms with Crippen LogP contribution in [0.3, 0.4) is 0 Å². The van der Waals surface area contributed by atoms with Crippen molar-refractivity contribution in [2.75, 3.05) is 14.1 Å². The van der Waals surface area contributed by atoms with Crippen molar-refractivity contribution < 1.29 is 4.39 Å². The Morgan fingerprint density at radius 1 is 1.62 bits per heavy atom. The molecule has 0 heterocycles. The summed E-state index contributed by atoms with van der Waals surface area (Å²) >= 11 is 0. The fourth-order valence-corrected chi connectivity index (χ4v) is 0.441. The average Bonchev–Trinajstić information content (AvgIpc) is 1.64. The molecule has 0 radical (unpaired) electrons. The second kappa shape index (κ2) is 2.82. The van der Waals surface area contributed by atoms with Gasteiger partial charge in [-0.15, -0.1) is 0 Å². The zero-order valence-corrected chi connectivity index (χ0v) is 5.61. The zero-order chi connectivity index (χ0) is 6.73. The molecule has 0 saturated heterocycles. The Morgan fingerprint density at radius 3 is 2.00 bits per heavy atom. The van der Waals surface area contributed by atoms with Gasteiger partial charge in [0.15, 0.2) is 6.30 Å². The maximum atomic E-state index is 12.5. The van der Waals surface area contributed by atoms with Crippen LogP contribution in [0.1, 0.15) is 6.92 Å².